The Kier molecular flexibility index (Phi) is 4.39. The number of amides is 1. The number of hydrogen-bond donors (Lipinski definition) is 2. The third kappa shape index (κ3) is 3.44. The Hall–Kier alpha value is -1.07. The Bertz CT molecular complexity index is 372. The molecule has 94 valence electrons. The van der Waals surface area contributed by atoms with Crippen molar-refractivity contribution in [2.75, 3.05) is 20.2 Å². The highest BCUT2D eigenvalue weighted by Crippen LogP contribution is 2.20. The number of carbonyl (C=O) groups is 1. The van der Waals surface area contributed by atoms with Crippen LogP contribution in [0.25, 0.3) is 0 Å². The molecule has 1 aromatic rings. The molecule has 1 aliphatic heterocycles. The van der Waals surface area contributed by atoms with Crippen molar-refractivity contribution in [1.82, 2.24) is 10.6 Å². The highest BCUT2D eigenvalue weighted by Gasteiger charge is 2.14. The third-order valence-corrected chi connectivity index (χ3v) is 3.88. The number of ether oxygens (including phenoxy) is 1. The quantitative estimate of drug-likeness (QED) is 0.839. The third-order valence-electron chi connectivity index (χ3n) is 2.98. The van der Waals surface area contributed by atoms with Crippen LogP contribution in [0.1, 0.15) is 28.9 Å². The Labute approximate surface area is 105 Å². The summed E-state index contributed by atoms with van der Waals surface area (Å²) in [7, 11) is 1.61. The van der Waals surface area contributed by atoms with E-state index in [1.807, 2.05) is 5.38 Å². The van der Waals surface area contributed by atoms with Crippen LogP contribution >= 0.6 is 11.3 Å². The average Bonchev–Trinajstić information content (AvgIpc) is 2.99. The van der Waals surface area contributed by atoms with Crippen LogP contribution in [0, 0.1) is 0 Å². The Morgan fingerprint density at radius 2 is 2.59 bits per heavy atom. The minimum Gasteiger partial charge on any atom is -0.496 e. The van der Waals surface area contributed by atoms with Crippen LogP contribution < -0.4 is 15.4 Å². The molecule has 0 unspecified atom stereocenters. The maximum Gasteiger partial charge on any atom is 0.261 e. The van der Waals surface area contributed by atoms with E-state index in [0.717, 1.165) is 25.3 Å². The van der Waals surface area contributed by atoms with Gasteiger partial charge >= 0.3 is 0 Å². The lowest BCUT2D eigenvalue weighted by Crippen LogP contribution is -2.30. The van der Waals surface area contributed by atoms with Crippen molar-refractivity contribution >= 4 is 17.2 Å². The Morgan fingerprint density at radius 3 is 3.24 bits per heavy atom. The van der Waals surface area contributed by atoms with Crippen LogP contribution in [0.4, 0.5) is 0 Å². The smallest absolute Gasteiger partial charge is 0.261 e. The van der Waals surface area contributed by atoms with Crippen molar-refractivity contribution < 1.29 is 9.53 Å². The second kappa shape index (κ2) is 6.02. The number of methoxy groups -OCH3 is 1. The maximum absolute atomic E-state index is 11.8. The predicted molar refractivity (Wildman–Crippen MR) is 68.8 cm³/mol. The zero-order chi connectivity index (χ0) is 12.1. The fourth-order valence-corrected chi connectivity index (χ4v) is 2.77. The highest BCUT2D eigenvalue weighted by atomic mass is 32.1. The molecule has 1 aliphatic rings. The Balaban J connectivity index is 1.72. The first-order valence-electron chi connectivity index (χ1n) is 5.93. The second-order valence-electron chi connectivity index (χ2n) is 4.19. The van der Waals surface area contributed by atoms with E-state index in [1.165, 1.54) is 24.2 Å². The molecule has 0 aromatic carbocycles. The highest BCUT2D eigenvalue weighted by molar-refractivity contribution is 7.12. The van der Waals surface area contributed by atoms with Crippen LogP contribution in [0.2, 0.25) is 0 Å². The number of rotatable bonds is 5. The molecule has 1 fully saturated rings. The number of nitrogens with one attached hydrogen (secondary N) is 2. The summed E-state index contributed by atoms with van der Waals surface area (Å²) in [6, 6.07) is 2.35. The molecule has 2 heterocycles. The van der Waals surface area contributed by atoms with Crippen molar-refractivity contribution in [3.05, 3.63) is 16.3 Å². The number of hydrogen-bond acceptors (Lipinski definition) is 4. The van der Waals surface area contributed by atoms with Gasteiger partial charge in [0, 0.05) is 24.0 Å². The summed E-state index contributed by atoms with van der Waals surface area (Å²) in [5.41, 5.74) is 0. The molecule has 0 spiro atoms. The van der Waals surface area contributed by atoms with Gasteiger partial charge in [-0.25, -0.2) is 0 Å². The van der Waals surface area contributed by atoms with E-state index in [1.54, 1.807) is 13.2 Å². The zero-order valence-electron chi connectivity index (χ0n) is 9.99. The normalized spacial score (nSPS) is 19.2. The first kappa shape index (κ1) is 12.4. The lowest BCUT2D eigenvalue weighted by atomic mass is 10.1. The SMILES string of the molecule is COc1csc(C(=O)NCC[C@H]2CCCN2)c1. The van der Waals surface area contributed by atoms with Gasteiger partial charge in [-0.2, -0.15) is 0 Å². The number of thiophene rings is 1. The summed E-state index contributed by atoms with van der Waals surface area (Å²) in [6.07, 6.45) is 3.48. The predicted octanol–water partition coefficient (Wildman–Crippen LogP) is 1.63. The molecule has 17 heavy (non-hydrogen) atoms. The maximum atomic E-state index is 11.8. The van der Waals surface area contributed by atoms with Gasteiger partial charge < -0.3 is 15.4 Å². The fraction of sp³-hybridized carbons (Fsp3) is 0.583. The van der Waals surface area contributed by atoms with Crippen LogP contribution in [0.15, 0.2) is 11.4 Å². The van der Waals surface area contributed by atoms with E-state index < -0.39 is 0 Å². The van der Waals surface area contributed by atoms with Gasteiger partial charge in [0.05, 0.1) is 12.0 Å². The van der Waals surface area contributed by atoms with Gasteiger partial charge in [-0.3, -0.25) is 4.79 Å². The van der Waals surface area contributed by atoms with Crippen molar-refractivity contribution in [3.63, 3.8) is 0 Å². The zero-order valence-corrected chi connectivity index (χ0v) is 10.8. The van der Waals surface area contributed by atoms with Crippen molar-refractivity contribution in [1.29, 1.82) is 0 Å². The van der Waals surface area contributed by atoms with E-state index in [4.69, 9.17) is 4.74 Å². The molecule has 1 atom stereocenters. The summed E-state index contributed by atoms with van der Waals surface area (Å²) < 4.78 is 5.05. The molecule has 4 nitrogen and oxygen atoms in total. The summed E-state index contributed by atoms with van der Waals surface area (Å²) >= 11 is 1.41. The van der Waals surface area contributed by atoms with Crippen molar-refractivity contribution in [3.8, 4) is 5.75 Å². The number of carbonyl (C=O) groups excluding carboxylic acids is 1. The van der Waals surface area contributed by atoms with Crippen molar-refractivity contribution in [2.45, 2.75) is 25.3 Å². The molecule has 0 radical (unpaired) electrons. The summed E-state index contributed by atoms with van der Waals surface area (Å²) in [6.45, 7) is 1.84. The van der Waals surface area contributed by atoms with Gasteiger partial charge in [0.2, 0.25) is 0 Å². The first-order chi connectivity index (χ1) is 8.29. The van der Waals surface area contributed by atoms with E-state index in [-0.39, 0.29) is 5.91 Å². The van der Waals surface area contributed by atoms with E-state index in [0.29, 0.717) is 10.9 Å². The first-order valence-corrected chi connectivity index (χ1v) is 6.81. The molecule has 0 bridgehead atoms. The molecule has 5 heteroatoms. The topological polar surface area (TPSA) is 50.4 Å². The van der Waals surface area contributed by atoms with Gasteiger partial charge in [0.15, 0.2) is 0 Å². The van der Waals surface area contributed by atoms with E-state index >= 15 is 0 Å². The molecule has 0 aliphatic carbocycles. The van der Waals surface area contributed by atoms with Crippen LogP contribution in [-0.2, 0) is 0 Å². The molecule has 1 saturated heterocycles. The van der Waals surface area contributed by atoms with Crippen LogP contribution in [-0.4, -0.2) is 32.1 Å². The van der Waals surface area contributed by atoms with Crippen LogP contribution in [0.3, 0.4) is 0 Å². The lowest BCUT2D eigenvalue weighted by molar-refractivity contribution is 0.0956. The molecular formula is C12H18N2O2S. The molecule has 2 rings (SSSR count). The van der Waals surface area contributed by atoms with E-state index in [2.05, 4.69) is 10.6 Å². The van der Waals surface area contributed by atoms with Crippen molar-refractivity contribution in [2.24, 2.45) is 0 Å². The fourth-order valence-electron chi connectivity index (χ4n) is 2.00. The largest absolute Gasteiger partial charge is 0.496 e. The van der Waals surface area contributed by atoms with Gasteiger partial charge in [-0.15, -0.1) is 11.3 Å². The molecule has 1 amide bonds. The van der Waals surface area contributed by atoms with Gasteiger partial charge in [0.25, 0.3) is 5.91 Å². The molecule has 0 saturated carbocycles. The Morgan fingerprint density at radius 1 is 1.71 bits per heavy atom. The van der Waals surface area contributed by atoms with Gasteiger partial charge in [-0.05, 0) is 25.8 Å². The van der Waals surface area contributed by atoms with E-state index in [9.17, 15) is 4.79 Å². The average molecular weight is 254 g/mol. The minimum atomic E-state index is -0.00343. The molecule has 1 aromatic heterocycles. The van der Waals surface area contributed by atoms with Crippen LogP contribution in [0.5, 0.6) is 5.75 Å². The second-order valence-corrected chi connectivity index (χ2v) is 5.10. The lowest BCUT2D eigenvalue weighted by Gasteiger charge is -2.09. The van der Waals surface area contributed by atoms with Gasteiger partial charge in [0.1, 0.15) is 5.75 Å². The summed E-state index contributed by atoms with van der Waals surface area (Å²) in [4.78, 5) is 12.5. The minimum absolute atomic E-state index is 0.00343. The summed E-state index contributed by atoms with van der Waals surface area (Å²) in [5, 5.41) is 8.19. The molecule has 2 N–H and O–H groups in total. The summed E-state index contributed by atoms with van der Waals surface area (Å²) in [5.74, 6) is 0.744. The monoisotopic (exact) mass is 254 g/mol. The molecular weight excluding hydrogens is 236 g/mol. The van der Waals surface area contributed by atoms with Gasteiger partial charge in [-0.1, -0.05) is 0 Å². The standard InChI is InChI=1S/C12H18N2O2S/c1-16-10-7-11(17-8-10)12(15)14-6-4-9-3-2-5-13-9/h7-9,13H,2-6H2,1H3,(H,14,15)/t9-/m1/s1.